The molecular formula is C15H19N3O4S2. The van der Waals surface area contributed by atoms with Gasteiger partial charge in [-0.2, -0.15) is 11.8 Å². The van der Waals surface area contributed by atoms with Crippen molar-refractivity contribution in [1.29, 1.82) is 0 Å². The SMILES string of the molecule is Cc1ccc(CSCCNS(=O)(=O)c2c(C)[nH]c(=O)[nH]c2=O)cc1. The van der Waals surface area contributed by atoms with Crippen molar-refractivity contribution in [2.45, 2.75) is 24.5 Å². The van der Waals surface area contributed by atoms with E-state index in [0.717, 1.165) is 5.75 Å². The number of aromatic amines is 2. The highest BCUT2D eigenvalue weighted by atomic mass is 32.2. The molecule has 24 heavy (non-hydrogen) atoms. The van der Waals surface area contributed by atoms with Crippen LogP contribution in [0.4, 0.5) is 0 Å². The number of hydrogen-bond donors (Lipinski definition) is 3. The number of H-pyrrole nitrogens is 2. The molecule has 0 aliphatic rings. The summed E-state index contributed by atoms with van der Waals surface area (Å²) in [5, 5.41) is 0. The minimum absolute atomic E-state index is 0.0172. The van der Waals surface area contributed by atoms with Gasteiger partial charge in [0, 0.05) is 23.7 Å². The number of hydrogen-bond acceptors (Lipinski definition) is 5. The Balaban J connectivity index is 1.91. The predicted octanol–water partition coefficient (Wildman–Crippen LogP) is 0.892. The lowest BCUT2D eigenvalue weighted by atomic mass is 10.2. The first kappa shape index (κ1) is 18.5. The van der Waals surface area contributed by atoms with Gasteiger partial charge in [-0.15, -0.1) is 0 Å². The van der Waals surface area contributed by atoms with E-state index in [0.29, 0.717) is 5.75 Å². The summed E-state index contributed by atoms with van der Waals surface area (Å²) in [5.74, 6) is 1.34. The van der Waals surface area contributed by atoms with Crippen LogP contribution in [0.25, 0.3) is 0 Å². The van der Waals surface area contributed by atoms with E-state index in [9.17, 15) is 18.0 Å². The molecule has 9 heteroatoms. The van der Waals surface area contributed by atoms with Gasteiger partial charge >= 0.3 is 5.69 Å². The number of thioether (sulfide) groups is 1. The van der Waals surface area contributed by atoms with Crippen LogP contribution in [0.1, 0.15) is 16.8 Å². The maximum atomic E-state index is 12.2. The molecule has 0 spiro atoms. The lowest BCUT2D eigenvalue weighted by molar-refractivity contribution is 0.580. The van der Waals surface area contributed by atoms with Gasteiger partial charge in [-0.25, -0.2) is 17.9 Å². The number of benzene rings is 1. The second-order valence-electron chi connectivity index (χ2n) is 5.30. The third-order valence-corrected chi connectivity index (χ3v) is 5.91. The van der Waals surface area contributed by atoms with Crippen molar-refractivity contribution in [2.75, 3.05) is 12.3 Å². The van der Waals surface area contributed by atoms with Crippen molar-refractivity contribution in [2.24, 2.45) is 0 Å². The quantitative estimate of drug-likeness (QED) is 0.628. The molecule has 130 valence electrons. The van der Waals surface area contributed by atoms with E-state index in [2.05, 4.69) is 9.71 Å². The largest absolute Gasteiger partial charge is 0.325 e. The molecule has 0 saturated heterocycles. The molecule has 0 amide bonds. The average molecular weight is 369 g/mol. The van der Waals surface area contributed by atoms with Crippen LogP contribution in [0.5, 0.6) is 0 Å². The van der Waals surface area contributed by atoms with Crippen molar-refractivity contribution < 1.29 is 8.42 Å². The van der Waals surface area contributed by atoms with Crippen molar-refractivity contribution in [3.8, 4) is 0 Å². The van der Waals surface area contributed by atoms with Gasteiger partial charge in [0.15, 0.2) is 4.90 Å². The molecule has 3 N–H and O–H groups in total. The van der Waals surface area contributed by atoms with Crippen LogP contribution < -0.4 is 16.0 Å². The second kappa shape index (κ2) is 7.82. The Kier molecular flexibility index (Phi) is 6.03. The van der Waals surface area contributed by atoms with Crippen LogP contribution in [0.15, 0.2) is 38.8 Å². The molecule has 7 nitrogen and oxygen atoms in total. The fourth-order valence-corrected chi connectivity index (χ4v) is 4.32. The Morgan fingerprint density at radius 1 is 1.08 bits per heavy atom. The average Bonchev–Trinajstić information content (AvgIpc) is 2.47. The van der Waals surface area contributed by atoms with Crippen molar-refractivity contribution in [3.63, 3.8) is 0 Å². The summed E-state index contributed by atoms with van der Waals surface area (Å²) in [6.45, 7) is 3.58. The molecule has 0 aliphatic heterocycles. The Hall–Kier alpha value is -1.84. The van der Waals surface area contributed by atoms with Gasteiger partial charge in [0.25, 0.3) is 5.56 Å². The zero-order valence-electron chi connectivity index (χ0n) is 13.4. The summed E-state index contributed by atoms with van der Waals surface area (Å²) in [7, 11) is -3.97. The normalized spacial score (nSPS) is 11.6. The van der Waals surface area contributed by atoms with Crippen LogP contribution in [0.2, 0.25) is 0 Å². The highest BCUT2D eigenvalue weighted by Gasteiger charge is 2.21. The Morgan fingerprint density at radius 2 is 1.75 bits per heavy atom. The number of rotatable bonds is 7. The zero-order chi connectivity index (χ0) is 17.7. The van der Waals surface area contributed by atoms with Crippen LogP contribution in [0, 0.1) is 13.8 Å². The van der Waals surface area contributed by atoms with Gasteiger partial charge in [-0.3, -0.25) is 9.78 Å². The lowest BCUT2D eigenvalue weighted by Crippen LogP contribution is -2.35. The van der Waals surface area contributed by atoms with Gasteiger partial charge < -0.3 is 4.98 Å². The molecule has 0 unspecified atom stereocenters. The summed E-state index contributed by atoms with van der Waals surface area (Å²) in [5.41, 5.74) is 0.726. The molecule has 1 heterocycles. The monoisotopic (exact) mass is 369 g/mol. The van der Waals surface area contributed by atoms with Crippen LogP contribution in [0.3, 0.4) is 0 Å². The van der Waals surface area contributed by atoms with Gasteiger partial charge in [-0.1, -0.05) is 29.8 Å². The highest BCUT2D eigenvalue weighted by molar-refractivity contribution is 7.98. The minimum atomic E-state index is -3.97. The first-order valence-electron chi connectivity index (χ1n) is 7.26. The van der Waals surface area contributed by atoms with E-state index in [1.165, 1.54) is 18.1 Å². The molecule has 0 atom stereocenters. The molecular weight excluding hydrogens is 350 g/mol. The number of aryl methyl sites for hydroxylation is 2. The van der Waals surface area contributed by atoms with Crippen molar-refractivity contribution in [1.82, 2.24) is 14.7 Å². The number of sulfonamides is 1. The van der Waals surface area contributed by atoms with Gasteiger partial charge in [0.1, 0.15) is 0 Å². The summed E-state index contributed by atoms with van der Waals surface area (Å²) in [6.07, 6.45) is 0. The fraction of sp³-hybridized carbons (Fsp3) is 0.333. The smallest absolute Gasteiger partial charge is 0.310 e. The highest BCUT2D eigenvalue weighted by Crippen LogP contribution is 2.12. The van der Waals surface area contributed by atoms with Crippen molar-refractivity contribution >= 4 is 21.8 Å². The maximum absolute atomic E-state index is 12.2. The molecule has 0 bridgehead atoms. The van der Waals surface area contributed by atoms with E-state index in [4.69, 9.17) is 0 Å². The Labute approximate surface area is 144 Å². The van der Waals surface area contributed by atoms with E-state index in [1.807, 2.05) is 36.2 Å². The third kappa shape index (κ3) is 4.83. The summed E-state index contributed by atoms with van der Waals surface area (Å²) in [6, 6.07) is 8.14. The molecule has 0 saturated carbocycles. The van der Waals surface area contributed by atoms with E-state index in [-0.39, 0.29) is 12.2 Å². The predicted molar refractivity (Wildman–Crippen MR) is 94.9 cm³/mol. The van der Waals surface area contributed by atoms with E-state index < -0.39 is 26.2 Å². The minimum Gasteiger partial charge on any atom is -0.310 e. The van der Waals surface area contributed by atoms with Crippen molar-refractivity contribution in [3.05, 3.63) is 61.9 Å². The second-order valence-corrected chi connectivity index (χ2v) is 8.11. The molecule has 1 aromatic heterocycles. The Bertz CT molecular complexity index is 915. The fourth-order valence-electron chi connectivity index (χ4n) is 2.11. The lowest BCUT2D eigenvalue weighted by Gasteiger charge is -2.08. The number of nitrogens with one attached hydrogen (secondary N) is 3. The molecule has 0 aliphatic carbocycles. The first-order chi connectivity index (χ1) is 11.3. The van der Waals surface area contributed by atoms with Crippen LogP contribution in [-0.2, 0) is 15.8 Å². The van der Waals surface area contributed by atoms with E-state index >= 15 is 0 Å². The zero-order valence-corrected chi connectivity index (χ0v) is 15.0. The first-order valence-corrected chi connectivity index (χ1v) is 9.89. The van der Waals surface area contributed by atoms with Crippen LogP contribution in [-0.4, -0.2) is 30.7 Å². The summed E-state index contributed by atoms with van der Waals surface area (Å²) < 4.78 is 26.8. The van der Waals surface area contributed by atoms with Crippen LogP contribution >= 0.6 is 11.8 Å². The summed E-state index contributed by atoms with van der Waals surface area (Å²) in [4.78, 5) is 26.6. The third-order valence-electron chi connectivity index (χ3n) is 3.27. The standard InChI is InChI=1S/C15H19N3O4S2/c1-10-3-5-12(6-4-10)9-23-8-7-16-24(21,22)13-11(2)17-15(20)18-14(13)19/h3-6,16H,7-9H2,1-2H3,(H2,17,18,19,20). The van der Waals surface area contributed by atoms with Gasteiger partial charge in [0.2, 0.25) is 10.0 Å². The van der Waals surface area contributed by atoms with Gasteiger partial charge in [0.05, 0.1) is 0 Å². The Morgan fingerprint density at radius 3 is 2.38 bits per heavy atom. The maximum Gasteiger partial charge on any atom is 0.325 e. The number of aromatic nitrogens is 2. The molecule has 1 aromatic carbocycles. The molecule has 2 aromatic rings. The molecule has 0 radical (unpaired) electrons. The topological polar surface area (TPSA) is 112 Å². The summed E-state index contributed by atoms with van der Waals surface area (Å²) >= 11 is 1.59. The molecule has 0 fully saturated rings. The van der Waals surface area contributed by atoms with Gasteiger partial charge in [-0.05, 0) is 19.4 Å². The molecule has 2 rings (SSSR count). The van der Waals surface area contributed by atoms with E-state index in [1.54, 1.807) is 11.8 Å².